The number of aliphatic carboxylic acids is 1. The van der Waals surface area contributed by atoms with Crippen molar-refractivity contribution in [2.24, 2.45) is 0 Å². The van der Waals surface area contributed by atoms with Crippen LogP contribution in [0.15, 0.2) is 54.6 Å². The zero-order valence-electron chi connectivity index (χ0n) is 15.2. The van der Waals surface area contributed by atoms with E-state index in [0.29, 0.717) is 25.3 Å². The largest absolute Gasteiger partial charge is 0.494 e. The SMILES string of the molecule is CC1SC(c2ccc(OCCCC(=O)O)cc2)N(Cc2ccccc2)C1=O. The maximum absolute atomic E-state index is 12.6. The molecule has 1 aliphatic rings. The molecule has 142 valence electrons. The van der Waals surface area contributed by atoms with Crippen LogP contribution in [0.1, 0.15) is 36.3 Å². The molecule has 1 aliphatic heterocycles. The second kappa shape index (κ2) is 8.95. The summed E-state index contributed by atoms with van der Waals surface area (Å²) in [6.07, 6.45) is 0.581. The van der Waals surface area contributed by atoms with Crippen LogP contribution >= 0.6 is 11.8 Å². The molecule has 0 saturated carbocycles. The number of benzene rings is 2. The van der Waals surface area contributed by atoms with Crippen molar-refractivity contribution in [3.63, 3.8) is 0 Å². The lowest BCUT2D eigenvalue weighted by Gasteiger charge is -2.24. The zero-order chi connectivity index (χ0) is 19.2. The van der Waals surface area contributed by atoms with Crippen molar-refractivity contribution in [2.45, 2.75) is 36.9 Å². The Balaban J connectivity index is 1.66. The molecule has 3 rings (SSSR count). The van der Waals surface area contributed by atoms with E-state index >= 15 is 0 Å². The Morgan fingerprint density at radius 1 is 1.15 bits per heavy atom. The van der Waals surface area contributed by atoms with E-state index in [2.05, 4.69) is 0 Å². The van der Waals surface area contributed by atoms with Gasteiger partial charge < -0.3 is 14.7 Å². The summed E-state index contributed by atoms with van der Waals surface area (Å²) in [5.74, 6) is 0.0495. The highest BCUT2D eigenvalue weighted by Crippen LogP contribution is 2.43. The van der Waals surface area contributed by atoms with Gasteiger partial charge in [0.1, 0.15) is 11.1 Å². The van der Waals surface area contributed by atoms with Crippen molar-refractivity contribution in [2.75, 3.05) is 6.61 Å². The minimum absolute atomic E-state index is 0.0197. The molecule has 0 aliphatic carbocycles. The van der Waals surface area contributed by atoms with Gasteiger partial charge in [-0.2, -0.15) is 0 Å². The van der Waals surface area contributed by atoms with Gasteiger partial charge in [0.2, 0.25) is 5.91 Å². The summed E-state index contributed by atoms with van der Waals surface area (Å²) in [7, 11) is 0. The van der Waals surface area contributed by atoms with Crippen LogP contribution in [0.2, 0.25) is 0 Å². The van der Waals surface area contributed by atoms with Crippen LogP contribution in [0, 0.1) is 0 Å². The van der Waals surface area contributed by atoms with Gasteiger partial charge in [-0.3, -0.25) is 9.59 Å². The van der Waals surface area contributed by atoms with E-state index < -0.39 is 5.97 Å². The number of carboxylic acids is 1. The number of amides is 1. The molecule has 5 nitrogen and oxygen atoms in total. The molecule has 2 aromatic carbocycles. The number of ether oxygens (including phenoxy) is 1. The summed E-state index contributed by atoms with van der Waals surface area (Å²) >= 11 is 1.65. The zero-order valence-corrected chi connectivity index (χ0v) is 16.0. The van der Waals surface area contributed by atoms with E-state index in [4.69, 9.17) is 9.84 Å². The van der Waals surface area contributed by atoms with Gasteiger partial charge in [-0.1, -0.05) is 42.5 Å². The van der Waals surface area contributed by atoms with Crippen molar-refractivity contribution < 1.29 is 19.4 Å². The number of carbonyl (C=O) groups excluding carboxylic acids is 1. The topological polar surface area (TPSA) is 66.8 Å². The van der Waals surface area contributed by atoms with Crippen molar-refractivity contribution in [3.05, 3.63) is 65.7 Å². The van der Waals surface area contributed by atoms with Crippen molar-refractivity contribution in [1.82, 2.24) is 4.90 Å². The third-order valence-corrected chi connectivity index (χ3v) is 5.81. The Morgan fingerprint density at radius 2 is 1.85 bits per heavy atom. The summed E-state index contributed by atoms with van der Waals surface area (Å²) in [4.78, 5) is 25.1. The van der Waals surface area contributed by atoms with Crippen LogP contribution in [0.25, 0.3) is 0 Å². The predicted octanol–water partition coefficient (Wildman–Crippen LogP) is 4.09. The molecule has 1 heterocycles. The molecule has 0 radical (unpaired) electrons. The Bertz CT molecular complexity index is 779. The predicted molar refractivity (Wildman–Crippen MR) is 106 cm³/mol. The fourth-order valence-electron chi connectivity index (χ4n) is 3.02. The quantitative estimate of drug-likeness (QED) is 0.693. The molecule has 1 N–H and O–H groups in total. The maximum atomic E-state index is 12.6. The van der Waals surface area contributed by atoms with Crippen molar-refractivity contribution in [1.29, 1.82) is 0 Å². The normalized spacial score (nSPS) is 19.3. The van der Waals surface area contributed by atoms with Crippen LogP contribution in [0.3, 0.4) is 0 Å². The number of carbonyl (C=O) groups is 2. The van der Waals surface area contributed by atoms with Crippen LogP contribution < -0.4 is 4.74 Å². The fraction of sp³-hybridized carbons (Fsp3) is 0.333. The van der Waals surface area contributed by atoms with Gasteiger partial charge in [0.05, 0.1) is 11.9 Å². The summed E-state index contributed by atoms with van der Waals surface area (Å²) in [5.41, 5.74) is 2.18. The summed E-state index contributed by atoms with van der Waals surface area (Å²) < 4.78 is 5.59. The summed E-state index contributed by atoms with van der Waals surface area (Å²) in [6, 6.07) is 17.7. The van der Waals surface area contributed by atoms with Crippen LogP contribution in [-0.2, 0) is 16.1 Å². The Kier molecular flexibility index (Phi) is 6.40. The molecule has 0 aromatic heterocycles. The number of nitrogens with zero attached hydrogens (tertiary/aromatic N) is 1. The van der Waals surface area contributed by atoms with Gasteiger partial charge in [0.25, 0.3) is 0 Å². The lowest BCUT2D eigenvalue weighted by Crippen LogP contribution is -2.29. The second-order valence-corrected chi connectivity index (χ2v) is 7.92. The lowest BCUT2D eigenvalue weighted by molar-refractivity contribution is -0.137. The average Bonchev–Trinajstić information content (AvgIpc) is 2.95. The minimum atomic E-state index is -0.815. The third kappa shape index (κ3) is 5.04. The van der Waals surface area contributed by atoms with Crippen LogP contribution in [-0.4, -0.2) is 33.7 Å². The summed E-state index contributed by atoms with van der Waals surface area (Å²) in [5, 5.41) is 8.57. The first-order valence-electron chi connectivity index (χ1n) is 8.99. The summed E-state index contributed by atoms with van der Waals surface area (Å²) in [6.45, 7) is 2.92. The van der Waals surface area contributed by atoms with Gasteiger partial charge in [-0.15, -0.1) is 11.8 Å². The molecular formula is C21H23NO4S. The first-order valence-corrected chi connectivity index (χ1v) is 9.93. The molecule has 1 amide bonds. The van der Waals surface area contributed by atoms with Crippen LogP contribution in [0.4, 0.5) is 0 Å². The first-order chi connectivity index (χ1) is 13.0. The molecular weight excluding hydrogens is 362 g/mol. The molecule has 6 heteroatoms. The van der Waals surface area contributed by atoms with E-state index in [0.717, 1.165) is 11.1 Å². The highest BCUT2D eigenvalue weighted by molar-refractivity contribution is 8.01. The lowest BCUT2D eigenvalue weighted by atomic mass is 10.1. The van der Waals surface area contributed by atoms with Gasteiger partial charge >= 0.3 is 5.97 Å². The van der Waals surface area contributed by atoms with Gasteiger partial charge in [-0.05, 0) is 36.6 Å². The molecule has 27 heavy (non-hydrogen) atoms. The van der Waals surface area contributed by atoms with E-state index in [9.17, 15) is 9.59 Å². The Labute approximate surface area is 163 Å². The number of carboxylic acid groups (broad SMARTS) is 1. The maximum Gasteiger partial charge on any atom is 0.303 e. The number of rotatable bonds is 8. The highest BCUT2D eigenvalue weighted by Gasteiger charge is 2.38. The monoisotopic (exact) mass is 385 g/mol. The van der Waals surface area contributed by atoms with E-state index in [1.807, 2.05) is 66.4 Å². The second-order valence-electron chi connectivity index (χ2n) is 6.50. The van der Waals surface area contributed by atoms with E-state index in [1.165, 1.54) is 0 Å². The Morgan fingerprint density at radius 3 is 2.52 bits per heavy atom. The molecule has 2 unspecified atom stereocenters. The minimum Gasteiger partial charge on any atom is -0.494 e. The van der Waals surface area contributed by atoms with Crippen LogP contribution in [0.5, 0.6) is 5.75 Å². The molecule has 1 fully saturated rings. The van der Waals surface area contributed by atoms with Gasteiger partial charge in [0, 0.05) is 13.0 Å². The average molecular weight is 385 g/mol. The van der Waals surface area contributed by atoms with Gasteiger partial charge in [0.15, 0.2) is 0 Å². The van der Waals surface area contributed by atoms with Gasteiger partial charge in [-0.25, -0.2) is 0 Å². The van der Waals surface area contributed by atoms with E-state index in [-0.39, 0.29) is 23.0 Å². The third-order valence-electron chi connectivity index (χ3n) is 4.41. The number of hydrogen-bond donors (Lipinski definition) is 1. The number of thioether (sulfide) groups is 1. The van der Waals surface area contributed by atoms with E-state index in [1.54, 1.807) is 11.8 Å². The highest BCUT2D eigenvalue weighted by atomic mass is 32.2. The molecule has 2 aromatic rings. The number of hydrogen-bond acceptors (Lipinski definition) is 4. The first kappa shape index (κ1) is 19.3. The molecule has 2 atom stereocenters. The molecule has 0 bridgehead atoms. The standard InChI is InChI=1S/C21H23NO4S/c1-15-20(25)22(14-16-6-3-2-4-7-16)21(27-15)17-9-11-18(12-10-17)26-13-5-8-19(23)24/h2-4,6-7,9-12,15,21H,5,8,13-14H2,1H3,(H,23,24). The van der Waals surface area contributed by atoms with Crippen molar-refractivity contribution in [3.8, 4) is 5.75 Å². The molecule has 1 saturated heterocycles. The fourth-order valence-corrected chi connectivity index (χ4v) is 4.29. The van der Waals surface area contributed by atoms with Crippen molar-refractivity contribution >= 4 is 23.6 Å². The molecule has 0 spiro atoms. The Hall–Kier alpha value is -2.47. The smallest absolute Gasteiger partial charge is 0.303 e.